The van der Waals surface area contributed by atoms with E-state index in [1.807, 2.05) is 42.5 Å². The Morgan fingerprint density at radius 3 is 2.69 bits per heavy atom. The van der Waals surface area contributed by atoms with Crippen LogP contribution in [0.1, 0.15) is 12.8 Å². The highest BCUT2D eigenvalue weighted by Crippen LogP contribution is 2.35. The SMILES string of the molecule is S=C(Nc1ccccc1Cl)N1CCC(Oc2ccc3c(c2)OCO3)CC1. The Kier molecular flexibility index (Phi) is 5.04. The van der Waals surface area contributed by atoms with Crippen LogP contribution in [0.25, 0.3) is 0 Å². The van der Waals surface area contributed by atoms with Crippen LogP contribution in [0.5, 0.6) is 17.2 Å². The van der Waals surface area contributed by atoms with Crippen LogP contribution in [0, 0.1) is 0 Å². The maximum Gasteiger partial charge on any atom is 0.231 e. The standard InChI is InChI=1S/C19H19ClN2O3S/c20-15-3-1-2-4-16(15)21-19(26)22-9-7-13(8-10-22)25-14-5-6-17-18(11-14)24-12-23-17/h1-6,11,13H,7-10,12H2,(H,21,26). The molecule has 4 rings (SSSR count). The highest BCUT2D eigenvalue weighted by Gasteiger charge is 2.23. The summed E-state index contributed by atoms with van der Waals surface area (Å²) in [5, 5.41) is 4.58. The van der Waals surface area contributed by atoms with Gasteiger partial charge in [-0.1, -0.05) is 23.7 Å². The number of benzene rings is 2. The maximum atomic E-state index is 6.18. The molecule has 0 spiro atoms. The van der Waals surface area contributed by atoms with E-state index in [0.717, 1.165) is 48.9 Å². The van der Waals surface area contributed by atoms with Crippen LogP contribution in [0.4, 0.5) is 5.69 Å². The first-order valence-electron chi connectivity index (χ1n) is 8.56. The lowest BCUT2D eigenvalue weighted by molar-refractivity contribution is 0.131. The van der Waals surface area contributed by atoms with E-state index < -0.39 is 0 Å². The summed E-state index contributed by atoms with van der Waals surface area (Å²) in [5.41, 5.74) is 0.831. The first-order valence-corrected chi connectivity index (χ1v) is 9.34. The van der Waals surface area contributed by atoms with Crippen molar-refractivity contribution in [1.29, 1.82) is 0 Å². The first-order chi connectivity index (χ1) is 12.7. The summed E-state index contributed by atoms with van der Waals surface area (Å²) in [4.78, 5) is 2.15. The lowest BCUT2D eigenvalue weighted by Crippen LogP contribution is -2.43. The van der Waals surface area contributed by atoms with E-state index in [1.54, 1.807) is 0 Å². The first kappa shape index (κ1) is 17.2. The topological polar surface area (TPSA) is 43.0 Å². The summed E-state index contributed by atoms with van der Waals surface area (Å²) in [5.74, 6) is 2.32. The summed E-state index contributed by atoms with van der Waals surface area (Å²) in [6.07, 6.45) is 1.96. The van der Waals surface area contributed by atoms with E-state index in [9.17, 15) is 0 Å². The van der Waals surface area contributed by atoms with Crippen molar-refractivity contribution >= 4 is 34.6 Å². The van der Waals surface area contributed by atoms with E-state index in [0.29, 0.717) is 10.1 Å². The molecule has 2 aromatic rings. The van der Waals surface area contributed by atoms with Crippen molar-refractivity contribution in [3.8, 4) is 17.2 Å². The molecule has 2 aliphatic heterocycles. The van der Waals surface area contributed by atoms with Crippen LogP contribution < -0.4 is 19.5 Å². The molecular weight excluding hydrogens is 372 g/mol. The molecule has 7 heteroatoms. The molecule has 1 fully saturated rings. The average molecular weight is 391 g/mol. The number of fused-ring (bicyclic) bond motifs is 1. The molecule has 0 aliphatic carbocycles. The highest BCUT2D eigenvalue weighted by atomic mass is 35.5. The van der Waals surface area contributed by atoms with E-state index in [4.69, 9.17) is 38.0 Å². The van der Waals surface area contributed by atoms with Gasteiger partial charge in [-0.05, 0) is 36.5 Å². The third kappa shape index (κ3) is 3.81. The van der Waals surface area contributed by atoms with E-state index in [1.165, 1.54) is 0 Å². The molecule has 0 amide bonds. The maximum absolute atomic E-state index is 6.18. The Hall–Kier alpha value is -2.18. The third-order valence-corrected chi connectivity index (χ3v) is 5.18. The van der Waals surface area contributed by atoms with E-state index in [2.05, 4.69) is 10.2 Å². The quantitative estimate of drug-likeness (QED) is 0.788. The molecule has 26 heavy (non-hydrogen) atoms. The molecule has 0 aromatic heterocycles. The van der Waals surface area contributed by atoms with Crippen molar-refractivity contribution in [3.63, 3.8) is 0 Å². The predicted octanol–water partition coefficient (Wildman–Crippen LogP) is 4.31. The van der Waals surface area contributed by atoms with Gasteiger partial charge in [0.1, 0.15) is 11.9 Å². The van der Waals surface area contributed by atoms with Crippen molar-refractivity contribution in [2.24, 2.45) is 0 Å². The molecule has 0 atom stereocenters. The number of halogens is 1. The number of anilines is 1. The van der Waals surface area contributed by atoms with Crippen LogP contribution in [-0.2, 0) is 0 Å². The number of ether oxygens (including phenoxy) is 3. The molecule has 1 N–H and O–H groups in total. The van der Waals surface area contributed by atoms with Crippen molar-refractivity contribution < 1.29 is 14.2 Å². The molecule has 1 saturated heterocycles. The number of likely N-dealkylation sites (tertiary alicyclic amines) is 1. The number of nitrogens with one attached hydrogen (secondary N) is 1. The molecule has 0 bridgehead atoms. The van der Waals surface area contributed by atoms with Crippen molar-refractivity contribution in [3.05, 3.63) is 47.5 Å². The lowest BCUT2D eigenvalue weighted by atomic mass is 10.1. The molecular formula is C19H19ClN2O3S. The van der Waals surface area contributed by atoms with Gasteiger partial charge in [0.05, 0.1) is 10.7 Å². The molecule has 0 unspecified atom stereocenters. The predicted molar refractivity (Wildman–Crippen MR) is 105 cm³/mol. The van der Waals surface area contributed by atoms with Gasteiger partial charge in [0, 0.05) is 32.0 Å². The van der Waals surface area contributed by atoms with Crippen LogP contribution in [0.15, 0.2) is 42.5 Å². The number of para-hydroxylation sites is 1. The Morgan fingerprint density at radius 2 is 1.88 bits per heavy atom. The van der Waals surface area contributed by atoms with E-state index in [-0.39, 0.29) is 12.9 Å². The molecule has 2 heterocycles. The zero-order valence-corrected chi connectivity index (χ0v) is 15.7. The van der Waals surface area contributed by atoms with Crippen LogP contribution in [0.2, 0.25) is 5.02 Å². The average Bonchev–Trinajstić information content (AvgIpc) is 3.12. The number of rotatable bonds is 3. The summed E-state index contributed by atoms with van der Waals surface area (Å²) in [6, 6.07) is 13.3. The number of piperidine rings is 1. The highest BCUT2D eigenvalue weighted by molar-refractivity contribution is 7.80. The van der Waals surface area contributed by atoms with Crippen molar-refractivity contribution in [2.45, 2.75) is 18.9 Å². The minimum absolute atomic E-state index is 0.162. The van der Waals surface area contributed by atoms with Gasteiger partial charge < -0.3 is 24.4 Å². The Labute approximate surface area is 162 Å². The van der Waals surface area contributed by atoms with Gasteiger partial charge in [0.25, 0.3) is 0 Å². The Bertz CT molecular complexity index is 809. The lowest BCUT2D eigenvalue weighted by Gasteiger charge is -2.34. The number of nitrogens with zero attached hydrogens (tertiary/aromatic N) is 1. The van der Waals surface area contributed by atoms with Gasteiger partial charge in [-0.3, -0.25) is 0 Å². The minimum atomic E-state index is 0.162. The monoisotopic (exact) mass is 390 g/mol. The molecule has 0 radical (unpaired) electrons. The summed E-state index contributed by atoms with van der Waals surface area (Å²) in [7, 11) is 0. The van der Waals surface area contributed by atoms with Crippen LogP contribution >= 0.6 is 23.8 Å². The van der Waals surface area contributed by atoms with Crippen molar-refractivity contribution in [2.75, 3.05) is 25.2 Å². The molecule has 2 aromatic carbocycles. The second-order valence-electron chi connectivity index (χ2n) is 6.23. The third-order valence-electron chi connectivity index (χ3n) is 4.49. The van der Waals surface area contributed by atoms with Gasteiger partial charge in [-0.25, -0.2) is 0 Å². The fourth-order valence-corrected chi connectivity index (χ4v) is 3.55. The molecule has 5 nitrogen and oxygen atoms in total. The van der Waals surface area contributed by atoms with Crippen molar-refractivity contribution in [1.82, 2.24) is 4.90 Å². The minimum Gasteiger partial charge on any atom is -0.490 e. The largest absolute Gasteiger partial charge is 0.490 e. The summed E-state index contributed by atoms with van der Waals surface area (Å²) in [6.45, 7) is 1.95. The smallest absolute Gasteiger partial charge is 0.231 e. The second-order valence-corrected chi connectivity index (χ2v) is 7.02. The van der Waals surface area contributed by atoms with E-state index >= 15 is 0 Å². The Balaban J connectivity index is 1.30. The fraction of sp³-hybridized carbons (Fsp3) is 0.316. The fourth-order valence-electron chi connectivity index (χ4n) is 3.08. The van der Waals surface area contributed by atoms with Gasteiger partial charge in [-0.2, -0.15) is 0 Å². The molecule has 0 saturated carbocycles. The second kappa shape index (κ2) is 7.60. The number of hydrogen-bond donors (Lipinski definition) is 1. The summed E-state index contributed by atoms with van der Waals surface area (Å²) < 4.78 is 16.8. The van der Waals surface area contributed by atoms with Gasteiger partial charge in [0.15, 0.2) is 16.6 Å². The van der Waals surface area contributed by atoms with Gasteiger partial charge >= 0.3 is 0 Å². The zero-order valence-electron chi connectivity index (χ0n) is 14.1. The normalized spacial score (nSPS) is 16.4. The Morgan fingerprint density at radius 1 is 1.12 bits per heavy atom. The zero-order chi connectivity index (χ0) is 17.9. The van der Waals surface area contributed by atoms with Crippen LogP contribution in [-0.4, -0.2) is 36.0 Å². The number of hydrogen-bond acceptors (Lipinski definition) is 4. The summed E-state index contributed by atoms with van der Waals surface area (Å²) >= 11 is 11.7. The molecule has 2 aliphatic rings. The number of thiocarbonyl (C=S) groups is 1. The molecule has 136 valence electrons. The van der Waals surface area contributed by atoms with Gasteiger partial charge in [0.2, 0.25) is 6.79 Å². The van der Waals surface area contributed by atoms with Gasteiger partial charge in [-0.15, -0.1) is 0 Å². The van der Waals surface area contributed by atoms with Crippen LogP contribution in [0.3, 0.4) is 0 Å².